The minimum absolute atomic E-state index is 0.904. The molecule has 0 saturated carbocycles. The Morgan fingerprint density at radius 3 is 2.47 bits per heavy atom. The molecule has 0 bridgehead atoms. The van der Waals surface area contributed by atoms with Gasteiger partial charge >= 0.3 is 0 Å². The first-order chi connectivity index (χ1) is 7.04. The maximum Gasteiger partial charge on any atom is 0.163 e. The Bertz CT molecular complexity index is 412. The van der Waals surface area contributed by atoms with Crippen LogP contribution in [0, 0.1) is 0 Å². The van der Waals surface area contributed by atoms with Crippen molar-refractivity contribution in [3.63, 3.8) is 0 Å². The van der Waals surface area contributed by atoms with E-state index < -0.39 is 0 Å². The molecule has 1 aliphatic heterocycles. The van der Waals surface area contributed by atoms with Crippen LogP contribution in [0.1, 0.15) is 0 Å². The van der Waals surface area contributed by atoms with Crippen molar-refractivity contribution in [3.05, 3.63) is 18.7 Å². The van der Waals surface area contributed by atoms with Gasteiger partial charge in [0.15, 0.2) is 11.6 Å². The highest BCUT2D eigenvalue weighted by Crippen LogP contribution is 2.41. The van der Waals surface area contributed by atoms with Crippen molar-refractivity contribution in [1.29, 1.82) is 0 Å². The molecule has 0 aromatic carbocycles. The first kappa shape index (κ1) is 9.76. The standard InChI is InChI=1S/C10H15N5/c1-7-14(4)8-9(13(2)3)11-6-12-10(8)15(7)5/h6H,1H2,2-5H3. The van der Waals surface area contributed by atoms with E-state index in [2.05, 4.69) is 16.5 Å². The van der Waals surface area contributed by atoms with E-state index in [9.17, 15) is 0 Å². The molecule has 1 aliphatic rings. The average Bonchev–Trinajstić information content (AvgIpc) is 2.44. The van der Waals surface area contributed by atoms with Crippen LogP contribution in [-0.4, -0.2) is 38.2 Å². The number of fused-ring (bicyclic) bond motifs is 1. The molecule has 0 radical (unpaired) electrons. The summed E-state index contributed by atoms with van der Waals surface area (Å²) in [6.07, 6.45) is 1.58. The van der Waals surface area contributed by atoms with E-state index in [1.54, 1.807) is 6.33 Å². The molecule has 1 aromatic heterocycles. The normalized spacial score (nSPS) is 14.5. The Morgan fingerprint density at radius 2 is 1.87 bits per heavy atom. The molecule has 0 saturated heterocycles. The van der Waals surface area contributed by atoms with Gasteiger partial charge in [-0.1, -0.05) is 6.58 Å². The van der Waals surface area contributed by atoms with Crippen LogP contribution in [0.15, 0.2) is 18.7 Å². The summed E-state index contributed by atoms with van der Waals surface area (Å²) in [5, 5.41) is 0. The third-order valence-corrected chi connectivity index (χ3v) is 2.63. The first-order valence-electron chi connectivity index (χ1n) is 4.72. The average molecular weight is 205 g/mol. The number of rotatable bonds is 1. The lowest BCUT2D eigenvalue weighted by Gasteiger charge is -2.19. The van der Waals surface area contributed by atoms with E-state index in [1.165, 1.54) is 0 Å². The first-order valence-corrected chi connectivity index (χ1v) is 4.72. The summed E-state index contributed by atoms with van der Waals surface area (Å²) in [7, 11) is 7.87. The molecule has 15 heavy (non-hydrogen) atoms. The second-order valence-electron chi connectivity index (χ2n) is 3.80. The lowest BCUT2D eigenvalue weighted by atomic mass is 10.4. The van der Waals surface area contributed by atoms with Crippen molar-refractivity contribution in [3.8, 4) is 0 Å². The van der Waals surface area contributed by atoms with Crippen LogP contribution in [0.2, 0.25) is 0 Å². The van der Waals surface area contributed by atoms with E-state index in [0.29, 0.717) is 0 Å². The molecular weight excluding hydrogens is 190 g/mol. The highest BCUT2D eigenvalue weighted by Gasteiger charge is 2.29. The molecule has 2 heterocycles. The van der Waals surface area contributed by atoms with E-state index in [-0.39, 0.29) is 0 Å². The van der Waals surface area contributed by atoms with Gasteiger partial charge in [-0.05, 0) is 0 Å². The Labute approximate surface area is 89.6 Å². The van der Waals surface area contributed by atoms with Gasteiger partial charge in [0.05, 0.1) is 0 Å². The molecule has 1 aromatic rings. The smallest absolute Gasteiger partial charge is 0.163 e. The summed E-state index contributed by atoms with van der Waals surface area (Å²) >= 11 is 0. The Hall–Kier alpha value is -1.78. The van der Waals surface area contributed by atoms with Gasteiger partial charge in [-0.2, -0.15) is 0 Å². The van der Waals surface area contributed by atoms with Crippen LogP contribution in [0.4, 0.5) is 17.3 Å². The molecule has 80 valence electrons. The SMILES string of the molecule is C=C1N(C)c2ncnc(N(C)C)c2N1C. The van der Waals surface area contributed by atoms with E-state index in [4.69, 9.17) is 0 Å². The van der Waals surface area contributed by atoms with Gasteiger partial charge in [0.25, 0.3) is 0 Å². The van der Waals surface area contributed by atoms with Crippen LogP contribution < -0.4 is 14.7 Å². The van der Waals surface area contributed by atoms with E-state index in [1.807, 2.05) is 42.9 Å². The van der Waals surface area contributed by atoms with Crippen molar-refractivity contribution in [2.75, 3.05) is 42.9 Å². The summed E-state index contributed by atoms with van der Waals surface area (Å²) in [5.74, 6) is 2.72. The fourth-order valence-corrected chi connectivity index (χ4v) is 1.71. The van der Waals surface area contributed by atoms with Gasteiger partial charge in [0.1, 0.15) is 17.8 Å². The maximum atomic E-state index is 4.27. The van der Waals surface area contributed by atoms with Crippen molar-refractivity contribution in [2.24, 2.45) is 0 Å². The molecule has 0 aliphatic carbocycles. The molecule has 2 rings (SSSR count). The van der Waals surface area contributed by atoms with Crippen LogP contribution >= 0.6 is 0 Å². The zero-order chi connectivity index (χ0) is 11.2. The number of hydrogen-bond acceptors (Lipinski definition) is 5. The maximum absolute atomic E-state index is 4.27. The number of nitrogens with zero attached hydrogens (tertiary/aromatic N) is 5. The molecular formula is C10H15N5. The molecule has 5 heteroatoms. The summed E-state index contributed by atoms with van der Waals surface area (Å²) in [6, 6.07) is 0. The molecule has 0 spiro atoms. The zero-order valence-electron chi connectivity index (χ0n) is 9.52. The molecule has 5 nitrogen and oxygen atoms in total. The van der Waals surface area contributed by atoms with Gasteiger partial charge in [-0.15, -0.1) is 0 Å². The number of anilines is 3. The number of aromatic nitrogens is 2. The van der Waals surface area contributed by atoms with E-state index in [0.717, 1.165) is 23.1 Å². The van der Waals surface area contributed by atoms with Crippen LogP contribution in [0.25, 0.3) is 0 Å². The quantitative estimate of drug-likeness (QED) is 0.680. The topological polar surface area (TPSA) is 35.5 Å². The highest BCUT2D eigenvalue weighted by molar-refractivity contribution is 5.86. The van der Waals surface area contributed by atoms with Crippen LogP contribution in [0.3, 0.4) is 0 Å². The number of hydrogen-bond donors (Lipinski definition) is 0. The summed E-state index contributed by atoms with van der Waals surface area (Å²) < 4.78 is 0. The van der Waals surface area contributed by atoms with Crippen molar-refractivity contribution in [2.45, 2.75) is 0 Å². The van der Waals surface area contributed by atoms with Gasteiger partial charge in [0, 0.05) is 28.2 Å². The predicted octanol–water partition coefficient (Wildman–Crippen LogP) is 0.900. The third kappa shape index (κ3) is 1.23. The van der Waals surface area contributed by atoms with Gasteiger partial charge in [-0.3, -0.25) is 0 Å². The van der Waals surface area contributed by atoms with Crippen molar-refractivity contribution >= 4 is 17.3 Å². The molecule has 0 atom stereocenters. The molecule has 0 amide bonds. The van der Waals surface area contributed by atoms with Crippen LogP contribution in [-0.2, 0) is 0 Å². The third-order valence-electron chi connectivity index (χ3n) is 2.63. The lowest BCUT2D eigenvalue weighted by molar-refractivity contribution is 1.03. The second kappa shape index (κ2) is 3.12. The minimum atomic E-state index is 0.904. The Morgan fingerprint density at radius 1 is 1.20 bits per heavy atom. The van der Waals surface area contributed by atoms with Crippen molar-refractivity contribution in [1.82, 2.24) is 9.97 Å². The van der Waals surface area contributed by atoms with Gasteiger partial charge in [-0.25, -0.2) is 9.97 Å². The van der Waals surface area contributed by atoms with Crippen LogP contribution in [0.5, 0.6) is 0 Å². The molecule has 0 fully saturated rings. The summed E-state index contributed by atoms with van der Waals surface area (Å²) in [4.78, 5) is 14.5. The Balaban J connectivity index is 2.63. The largest absolute Gasteiger partial charge is 0.361 e. The summed E-state index contributed by atoms with van der Waals surface area (Å²) in [6.45, 7) is 4.00. The fourth-order valence-electron chi connectivity index (χ4n) is 1.71. The fraction of sp³-hybridized carbons (Fsp3) is 0.400. The zero-order valence-corrected chi connectivity index (χ0v) is 9.52. The highest BCUT2D eigenvalue weighted by atomic mass is 15.4. The monoisotopic (exact) mass is 205 g/mol. The summed E-state index contributed by atoms with van der Waals surface area (Å²) in [5.41, 5.74) is 1.01. The van der Waals surface area contributed by atoms with Crippen molar-refractivity contribution < 1.29 is 0 Å². The molecule has 0 N–H and O–H groups in total. The lowest BCUT2D eigenvalue weighted by Crippen LogP contribution is -2.21. The molecule has 0 unspecified atom stereocenters. The Kier molecular flexibility index (Phi) is 2.03. The van der Waals surface area contributed by atoms with Gasteiger partial charge < -0.3 is 14.7 Å². The van der Waals surface area contributed by atoms with Gasteiger partial charge in [0.2, 0.25) is 0 Å². The van der Waals surface area contributed by atoms with E-state index >= 15 is 0 Å². The second-order valence-corrected chi connectivity index (χ2v) is 3.80. The minimum Gasteiger partial charge on any atom is -0.361 e. The predicted molar refractivity (Wildman–Crippen MR) is 62.3 cm³/mol.